The zero-order valence-corrected chi connectivity index (χ0v) is 11.8. The van der Waals surface area contributed by atoms with Crippen LogP contribution in [0.1, 0.15) is 45.4 Å². The molecule has 0 aromatic heterocycles. The summed E-state index contributed by atoms with van der Waals surface area (Å²) in [7, 11) is 0. The second-order valence-electron chi connectivity index (χ2n) is 5.00. The van der Waals surface area contributed by atoms with Crippen LogP contribution < -0.4 is 0 Å². The smallest absolute Gasteiger partial charge is 0.148 e. The minimum absolute atomic E-state index is 0. The number of hydrogen-bond acceptors (Lipinski definition) is 2. The van der Waals surface area contributed by atoms with Crippen LogP contribution in [0.25, 0.3) is 0 Å². The van der Waals surface area contributed by atoms with Crippen molar-refractivity contribution < 1.29 is 0 Å². The third kappa shape index (κ3) is 3.25. The van der Waals surface area contributed by atoms with Crippen LogP contribution in [-0.4, -0.2) is 41.1 Å². The highest BCUT2D eigenvalue weighted by molar-refractivity contribution is 6.23. The minimum atomic E-state index is -0.221. The average molecular weight is 267 g/mol. The van der Waals surface area contributed by atoms with E-state index in [4.69, 9.17) is 11.6 Å². The Morgan fingerprint density at radius 2 is 1.06 bits per heavy atom. The summed E-state index contributed by atoms with van der Waals surface area (Å²) in [5.41, 5.74) is 0. The maximum atomic E-state index is 6.75. The Kier molecular flexibility index (Phi) is 5.86. The molecule has 2 aliphatic heterocycles. The molecule has 16 heavy (non-hydrogen) atoms. The topological polar surface area (TPSA) is 6.48 Å². The van der Waals surface area contributed by atoms with Crippen LogP contribution in [0.3, 0.4) is 0 Å². The standard InChI is InChI=1S/C12H23ClN2.ClH/c1-12(13,14-8-4-2-5-9-14)15-10-6-3-7-11-15;/h2-11H2,1H3;1H. The van der Waals surface area contributed by atoms with Gasteiger partial charge in [0.15, 0.2) is 0 Å². The van der Waals surface area contributed by atoms with Crippen LogP contribution in [0.15, 0.2) is 0 Å². The van der Waals surface area contributed by atoms with Gasteiger partial charge in [-0.25, -0.2) is 0 Å². The summed E-state index contributed by atoms with van der Waals surface area (Å²) in [4.78, 5) is 4.92. The quantitative estimate of drug-likeness (QED) is 0.559. The highest BCUT2D eigenvalue weighted by atomic mass is 35.5. The molecule has 2 fully saturated rings. The van der Waals surface area contributed by atoms with Crippen LogP contribution in [0, 0.1) is 0 Å². The van der Waals surface area contributed by atoms with Gasteiger partial charge in [-0.15, -0.1) is 12.4 Å². The molecule has 2 aliphatic rings. The predicted octanol–water partition coefficient (Wildman–Crippen LogP) is 3.29. The molecule has 2 nitrogen and oxygen atoms in total. The second kappa shape index (κ2) is 6.44. The van der Waals surface area contributed by atoms with Gasteiger partial charge in [0.2, 0.25) is 0 Å². The number of nitrogens with zero attached hydrogens (tertiary/aromatic N) is 2. The molecule has 0 N–H and O–H groups in total. The summed E-state index contributed by atoms with van der Waals surface area (Å²) in [5.74, 6) is 0. The highest BCUT2D eigenvalue weighted by Gasteiger charge is 2.36. The van der Waals surface area contributed by atoms with E-state index in [0.29, 0.717) is 0 Å². The van der Waals surface area contributed by atoms with Gasteiger partial charge in [-0.2, -0.15) is 0 Å². The van der Waals surface area contributed by atoms with Crippen LogP contribution >= 0.6 is 24.0 Å². The summed E-state index contributed by atoms with van der Waals surface area (Å²) >= 11 is 6.75. The van der Waals surface area contributed by atoms with Crippen LogP contribution in [0.2, 0.25) is 0 Å². The van der Waals surface area contributed by atoms with Crippen LogP contribution in [-0.2, 0) is 0 Å². The second-order valence-corrected chi connectivity index (χ2v) is 5.72. The SMILES string of the molecule is CC(Cl)(N1CCCCC1)N1CCCCC1.Cl. The fourth-order valence-corrected chi connectivity index (χ4v) is 3.14. The average Bonchev–Trinajstić information content (AvgIpc) is 2.31. The van der Waals surface area contributed by atoms with E-state index in [0.717, 1.165) is 0 Å². The van der Waals surface area contributed by atoms with Gasteiger partial charge in [0.25, 0.3) is 0 Å². The maximum Gasteiger partial charge on any atom is 0.148 e. The molecule has 96 valence electrons. The molecule has 0 aromatic rings. The molecular formula is C12H24Cl2N2. The van der Waals surface area contributed by atoms with Gasteiger partial charge >= 0.3 is 0 Å². The Balaban J connectivity index is 0.00000128. The van der Waals surface area contributed by atoms with Gasteiger partial charge in [-0.1, -0.05) is 24.4 Å². The van der Waals surface area contributed by atoms with Crippen molar-refractivity contribution in [2.45, 2.75) is 50.6 Å². The molecule has 4 heteroatoms. The molecule has 0 radical (unpaired) electrons. The first-order valence-corrected chi connectivity index (χ1v) is 6.78. The molecule has 2 saturated heterocycles. The van der Waals surface area contributed by atoms with Crippen molar-refractivity contribution in [1.29, 1.82) is 0 Å². The fourth-order valence-electron chi connectivity index (χ4n) is 2.80. The Hall–Kier alpha value is 0.500. The zero-order chi connectivity index (χ0) is 10.7. The van der Waals surface area contributed by atoms with Gasteiger partial charge in [-0.3, -0.25) is 9.80 Å². The molecule has 0 amide bonds. The third-order valence-electron chi connectivity index (χ3n) is 3.87. The molecule has 2 rings (SSSR count). The van der Waals surface area contributed by atoms with Crippen molar-refractivity contribution in [1.82, 2.24) is 9.80 Å². The van der Waals surface area contributed by atoms with E-state index in [1.165, 1.54) is 64.7 Å². The van der Waals surface area contributed by atoms with Crippen molar-refractivity contribution in [2.24, 2.45) is 0 Å². The van der Waals surface area contributed by atoms with E-state index in [2.05, 4.69) is 16.7 Å². The third-order valence-corrected chi connectivity index (χ3v) is 4.34. The van der Waals surface area contributed by atoms with Gasteiger partial charge in [0, 0.05) is 26.2 Å². The number of piperidine rings is 2. The van der Waals surface area contributed by atoms with Crippen molar-refractivity contribution in [3.63, 3.8) is 0 Å². The van der Waals surface area contributed by atoms with Crippen molar-refractivity contribution in [3.8, 4) is 0 Å². The van der Waals surface area contributed by atoms with Gasteiger partial charge in [0.05, 0.1) is 0 Å². The molecule has 0 spiro atoms. The van der Waals surface area contributed by atoms with E-state index in [-0.39, 0.29) is 17.5 Å². The molecule has 0 bridgehead atoms. The lowest BCUT2D eigenvalue weighted by Gasteiger charge is -2.47. The number of alkyl halides is 1. The number of likely N-dealkylation sites (tertiary alicyclic amines) is 2. The highest BCUT2D eigenvalue weighted by Crippen LogP contribution is 2.30. The van der Waals surface area contributed by atoms with Crippen LogP contribution in [0.4, 0.5) is 0 Å². The lowest BCUT2D eigenvalue weighted by Crippen LogP contribution is -2.57. The van der Waals surface area contributed by atoms with Crippen LogP contribution in [0.5, 0.6) is 0 Å². The van der Waals surface area contributed by atoms with E-state index in [1.807, 2.05) is 0 Å². The molecule has 2 heterocycles. The first kappa shape index (κ1) is 14.6. The van der Waals surface area contributed by atoms with Gasteiger partial charge in [-0.05, 0) is 32.6 Å². The number of rotatable bonds is 2. The lowest BCUT2D eigenvalue weighted by molar-refractivity contribution is -0.00334. The normalized spacial score (nSPS) is 25.1. The van der Waals surface area contributed by atoms with E-state index in [9.17, 15) is 0 Å². The van der Waals surface area contributed by atoms with Crippen molar-refractivity contribution in [2.75, 3.05) is 26.2 Å². The van der Waals surface area contributed by atoms with E-state index >= 15 is 0 Å². The maximum absolute atomic E-state index is 6.75. The summed E-state index contributed by atoms with van der Waals surface area (Å²) < 4.78 is 0. The summed E-state index contributed by atoms with van der Waals surface area (Å²) in [6.45, 7) is 6.89. The summed E-state index contributed by atoms with van der Waals surface area (Å²) in [5, 5.41) is -0.221. The fraction of sp³-hybridized carbons (Fsp3) is 1.00. The minimum Gasteiger partial charge on any atom is -0.273 e. The number of hydrogen-bond donors (Lipinski definition) is 0. The Morgan fingerprint density at radius 1 is 0.750 bits per heavy atom. The Bertz CT molecular complexity index is 177. The first-order chi connectivity index (χ1) is 7.21. The van der Waals surface area contributed by atoms with E-state index in [1.54, 1.807) is 0 Å². The predicted molar refractivity (Wildman–Crippen MR) is 72.4 cm³/mol. The Labute approximate surface area is 111 Å². The number of halogens is 2. The lowest BCUT2D eigenvalue weighted by atomic mass is 10.1. The molecule has 0 unspecified atom stereocenters. The monoisotopic (exact) mass is 266 g/mol. The molecular weight excluding hydrogens is 243 g/mol. The Morgan fingerprint density at radius 3 is 1.38 bits per heavy atom. The molecule has 0 atom stereocenters. The van der Waals surface area contributed by atoms with Crippen molar-refractivity contribution in [3.05, 3.63) is 0 Å². The first-order valence-electron chi connectivity index (χ1n) is 6.40. The van der Waals surface area contributed by atoms with Crippen molar-refractivity contribution >= 4 is 24.0 Å². The molecule has 0 saturated carbocycles. The molecule has 0 aromatic carbocycles. The van der Waals surface area contributed by atoms with E-state index < -0.39 is 0 Å². The zero-order valence-electron chi connectivity index (χ0n) is 10.3. The largest absolute Gasteiger partial charge is 0.273 e. The molecule has 0 aliphatic carbocycles. The summed E-state index contributed by atoms with van der Waals surface area (Å²) in [6.07, 6.45) is 8.02. The van der Waals surface area contributed by atoms with Gasteiger partial charge in [0.1, 0.15) is 5.12 Å². The van der Waals surface area contributed by atoms with Gasteiger partial charge < -0.3 is 0 Å². The summed E-state index contributed by atoms with van der Waals surface area (Å²) in [6, 6.07) is 0.